The van der Waals surface area contributed by atoms with E-state index in [1.807, 2.05) is 6.07 Å². The lowest BCUT2D eigenvalue weighted by atomic mass is 10.1. The fraction of sp³-hybridized carbons (Fsp3) is 0.357. The standard InChI is InChI=1S/C14H19N3O2S/c1-10(2)15-9-12-8-14(17-16-12)11-4-6-13(7-5-11)20(3,18)19/h4-8,10,15H,9H2,1-3H3,(H,16,17). The van der Waals surface area contributed by atoms with Gasteiger partial charge in [-0.3, -0.25) is 5.10 Å². The maximum absolute atomic E-state index is 11.4. The molecule has 1 heterocycles. The van der Waals surface area contributed by atoms with Gasteiger partial charge in [0.25, 0.3) is 0 Å². The van der Waals surface area contributed by atoms with Crippen molar-refractivity contribution in [2.24, 2.45) is 0 Å². The third-order valence-corrected chi connectivity index (χ3v) is 4.04. The third-order valence-electron chi connectivity index (χ3n) is 2.91. The van der Waals surface area contributed by atoms with Crippen molar-refractivity contribution >= 4 is 9.84 Å². The Bertz CT molecular complexity index is 673. The molecular formula is C14H19N3O2S. The summed E-state index contributed by atoms with van der Waals surface area (Å²) in [4.78, 5) is 0.318. The molecule has 2 rings (SSSR count). The van der Waals surface area contributed by atoms with E-state index in [4.69, 9.17) is 0 Å². The average molecular weight is 293 g/mol. The van der Waals surface area contributed by atoms with Crippen LogP contribution in [0.5, 0.6) is 0 Å². The lowest BCUT2D eigenvalue weighted by Crippen LogP contribution is -2.21. The Morgan fingerprint density at radius 3 is 2.45 bits per heavy atom. The number of aromatic nitrogens is 2. The Labute approximate surface area is 119 Å². The molecule has 2 N–H and O–H groups in total. The third kappa shape index (κ3) is 3.68. The highest BCUT2D eigenvalue weighted by Crippen LogP contribution is 2.20. The molecule has 6 heteroatoms. The van der Waals surface area contributed by atoms with E-state index in [1.54, 1.807) is 24.3 Å². The number of aromatic amines is 1. The fourth-order valence-electron chi connectivity index (χ4n) is 1.79. The number of benzene rings is 1. The number of hydrogen-bond acceptors (Lipinski definition) is 4. The predicted molar refractivity (Wildman–Crippen MR) is 79.1 cm³/mol. The van der Waals surface area contributed by atoms with Crippen molar-refractivity contribution in [3.8, 4) is 11.3 Å². The molecule has 0 unspecified atom stereocenters. The highest BCUT2D eigenvalue weighted by atomic mass is 32.2. The SMILES string of the molecule is CC(C)NCc1cc(-c2ccc(S(C)(=O)=O)cc2)n[nH]1. The van der Waals surface area contributed by atoms with Gasteiger partial charge in [0.1, 0.15) is 0 Å². The predicted octanol–water partition coefficient (Wildman–Crippen LogP) is 1.98. The Balaban J connectivity index is 2.16. The van der Waals surface area contributed by atoms with Crippen molar-refractivity contribution in [1.82, 2.24) is 15.5 Å². The zero-order valence-electron chi connectivity index (χ0n) is 11.8. The van der Waals surface area contributed by atoms with Crippen LogP contribution in [0.1, 0.15) is 19.5 Å². The van der Waals surface area contributed by atoms with Crippen molar-refractivity contribution in [3.05, 3.63) is 36.0 Å². The molecule has 20 heavy (non-hydrogen) atoms. The van der Waals surface area contributed by atoms with Crippen molar-refractivity contribution in [1.29, 1.82) is 0 Å². The van der Waals surface area contributed by atoms with E-state index in [1.165, 1.54) is 6.26 Å². The van der Waals surface area contributed by atoms with E-state index in [9.17, 15) is 8.42 Å². The first kappa shape index (κ1) is 14.7. The maximum atomic E-state index is 11.4. The number of nitrogens with zero attached hydrogens (tertiary/aromatic N) is 1. The molecule has 0 aliphatic heterocycles. The quantitative estimate of drug-likeness (QED) is 0.884. The van der Waals surface area contributed by atoms with Crippen LogP contribution in [0, 0.1) is 0 Å². The first-order chi connectivity index (χ1) is 9.36. The molecule has 1 aromatic heterocycles. The van der Waals surface area contributed by atoms with Gasteiger partial charge in [0.05, 0.1) is 10.6 Å². The molecule has 1 aromatic carbocycles. The lowest BCUT2D eigenvalue weighted by molar-refractivity contribution is 0.580. The molecule has 108 valence electrons. The van der Waals surface area contributed by atoms with Gasteiger partial charge in [0.15, 0.2) is 9.84 Å². The summed E-state index contributed by atoms with van der Waals surface area (Å²) in [7, 11) is -3.15. The minimum Gasteiger partial charge on any atom is -0.309 e. The van der Waals surface area contributed by atoms with Crippen molar-refractivity contribution < 1.29 is 8.42 Å². The minimum absolute atomic E-state index is 0.318. The molecule has 0 atom stereocenters. The summed E-state index contributed by atoms with van der Waals surface area (Å²) >= 11 is 0. The summed E-state index contributed by atoms with van der Waals surface area (Å²) in [6.45, 7) is 4.90. The molecule has 0 aliphatic rings. The number of sulfone groups is 1. The molecule has 0 aliphatic carbocycles. The molecule has 0 spiro atoms. The van der Waals surface area contributed by atoms with Gasteiger partial charge in [-0.1, -0.05) is 26.0 Å². The van der Waals surface area contributed by atoms with Crippen LogP contribution in [0.15, 0.2) is 35.2 Å². The van der Waals surface area contributed by atoms with Gasteiger partial charge in [-0.05, 0) is 18.2 Å². The minimum atomic E-state index is -3.15. The second kappa shape index (κ2) is 5.76. The van der Waals surface area contributed by atoms with Crippen LogP contribution < -0.4 is 5.32 Å². The number of rotatable bonds is 5. The van der Waals surface area contributed by atoms with E-state index in [0.717, 1.165) is 23.5 Å². The number of nitrogens with one attached hydrogen (secondary N) is 2. The van der Waals surface area contributed by atoms with Gasteiger partial charge in [-0.15, -0.1) is 0 Å². The Hall–Kier alpha value is -1.66. The summed E-state index contributed by atoms with van der Waals surface area (Å²) in [5.41, 5.74) is 2.70. The summed E-state index contributed by atoms with van der Waals surface area (Å²) in [5.74, 6) is 0. The van der Waals surface area contributed by atoms with E-state index in [2.05, 4.69) is 29.4 Å². The topological polar surface area (TPSA) is 74.8 Å². The van der Waals surface area contributed by atoms with Crippen LogP contribution >= 0.6 is 0 Å². The Morgan fingerprint density at radius 2 is 1.90 bits per heavy atom. The Morgan fingerprint density at radius 1 is 1.25 bits per heavy atom. The van der Waals surface area contributed by atoms with Crippen LogP contribution in [0.25, 0.3) is 11.3 Å². The largest absolute Gasteiger partial charge is 0.309 e. The summed E-state index contributed by atoms with van der Waals surface area (Å²) in [6, 6.07) is 9.12. The molecule has 0 saturated carbocycles. The summed E-state index contributed by atoms with van der Waals surface area (Å²) < 4.78 is 22.8. The molecule has 0 amide bonds. The highest BCUT2D eigenvalue weighted by molar-refractivity contribution is 7.90. The smallest absolute Gasteiger partial charge is 0.175 e. The number of hydrogen-bond donors (Lipinski definition) is 2. The van der Waals surface area contributed by atoms with Crippen LogP contribution in [-0.2, 0) is 16.4 Å². The number of H-pyrrole nitrogens is 1. The van der Waals surface area contributed by atoms with E-state index in [-0.39, 0.29) is 0 Å². The summed E-state index contributed by atoms with van der Waals surface area (Å²) in [5, 5.41) is 10.5. The molecule has 2 aromatic rings. The van der Waals surface area contributed by atoms with Gasteiger partial charge in [-0.2, -0.15) is 5.10 Å². The van der Waals surface area contributed by atoms with Crippen molar-refractivity contribution in [2.75, 3.05) is 6.26 Å². The second-order valence-electron chi connectivity index (χ2n) is 5.11. The molecule has 0 radical (unpaired) electrons. The van der Waals surface area contributed by atoms with Gasteiger partial charge in [0, 0.05) is 30.1 Å². The van der Waals surface area contributed by atoms with Gasteiger partial charge in [-0.25, -0.2) is 8.42 Å². The highest BCUT2D eigenvalue weighted by Gasteiger charge is 2.08. The van der Waals surface area contributed by atoms with Gasteiger partial charge < -0.3 is 5.32 Å². The Kier molecular flexibility index (Phi) is 4.25. The lowest BCUT2D eigenvalue weighted by Gasteiger charge is -2.04. The first-order valence-electron chi connectivity index (χ1n) is 6.44. The van der Waals surface area contributed by atoms with Crippen LogP contribution in [0.4, 0.5) is 0 Å². The van der Waals surface area contributed by atoms with Gasteiger partial charge >= 0.3 is 0 Å². The van der Waals surface area contributed by atoms with E-state index < -0.39 is 9.84 Å². The zero-order valence-corrected chi connectivity index (χ0v) is 12.7. The maximum Gasteiger partial charge on any atom is 0.175 e. The van der Waals surface area contributed by atoms with Crippen molar-refractivity contribution in [3.63, 3.8) is 0 Å². The average Bonchev–Trinajstić information content (AvgIpc) is 2.84. The monoisotopic (exact) mass is 293 g/mol. The van der Waals surface area contributed by atoms with E-state index in [0.29, 0.717) is 10.9 Å². The molecule has 5 nitrogen and oxygen atoms in total. The normalized spacial score (nSPS) is 12.0. The summed E-state index contributed by atoms with van der Waals surface area (Å²) in [6.07, 6.45) is 1.20. The van der Waals surface area contributed by atoms with E-state index >= 15 is 0 Å². The molecule has 0 fully saturated rings. The fourth-order valence-corrected chi connectivity index (χ4v) is 2.42. The molecule has 0 saturated heterocycles. The van der Waals surface area contributed by atoms with Crippen molar-refractivity contribution in [2.45, 2.75) is 31.3 Å². The molecular weight excluding hydrogens is 274 g/mol. The zero-order chi connectivity index (χ0) is 14.8. The van der Waals surface area contributed by atoms with Gasteiger partial charge in [0.2, 0.25) is 0 Å². The molecule has 0 bridgehead atoms. The van der Waals surface area contributed by atoms with Crippen LogP contribution in [-0.4, -0.2) is 30.9 Å². The second-order valence-corrected chi connectivity index (χ2v) is 7.13. The van der Waals surface area contributed by atoms with Crippen LogP contribution in [0.2, 0.25) is 0 Å². The first-order valence-corrected chi connectivity index (χ1v) is 8.33. The van der Waals surface area contributed by atoms with Crippen LogP contribution in [0.3, 0.4) is 0 Å².